The van der Waals surface area contributed by atoms with Crippen LogP contribution in [-0.4, -0.2) is 98.3 Å². The van der Waals surface area contributed by atoms with Crippen LogP contribution in [0.2, 0.25) is 0 Å². The van der Waals surface area contributed by atoms with Crippen LogP contribution in [0.25, 0.3) is 0 Å². The Morgan fingerprint density at radius 3 is 1.54 bits per heavy atom. The average molecular weight is 793 g/mol. The number of ether oxygens (including phenoxy) is 2. The molecule has 0 aromatic carbocycles. The molecule has 0 saturated heterocycles. The maximum absolute atomic E-state index is 12.6. The van der Waals surface area contributed by atoms with Crippen LogP contribution in [0.15, 0.2) is 24.3 Å². The second kappa shape index (κ2) is 31.4. The molecule has 1 fully saturated rings. The lowest BCUT2D eigenvalue weighted by Gasteiger charge is -2.41. The molecule has 1 saturated carbocycles. The average Bonchev–Trinajstić information content (AvgIpc) is 3.15. The highest BCUT2D eigenvalue weighted by atomic mass is 31.2. The summed E-state index contributed by atoms with van der Waals surface area (Å²) in [6.07, 6.45) is 19.8. The summed E-state index contributed by atoms with van der Waals surface area (Å²) in [4.78, 5) is 34.9. The van der Waals surface area contributed by atoms with E-state index in [0.717, 1.165) is 44.9 Å². The molecule has 6 atom stereocenters. The molecule has 14 heteroatoms. The summed E-state index contributed by atoms with van der Waals surface area (Å²) >= 11 is 0. The molecule has 1 aliphatic rings. The molecular weight excluding hydrogens is 719 g/mol. The Morgan fingerprint density at radius 2 is 1.02 bits per heavy atom. The van der Waals surface area contributed by atoms with E-state index in [-0.39, 0.29) is 12.8 Å². The van der Waals surface area contributed by atoms with Gasteiger partial charge in [0.05, 0.1) is 6.61 Å². The molecule has 1 aliphatic carbocycles. The number of carbonyl (C=O) groups is 2. The second-order valence-corrected chi connectivity index (χ2v) is 15.9. The lowest BCUT2D eigenvalue weighted by atomic mass is 9.85. The highest BCUT2D eigenvalue weighted by Gasteiger charge is 2.51. The van der Waals surface area contributed by atoms with Crippen LogP contribution in [-0.2, 0) is 32.7 Å². The summed E-state index contributed by atoms with van der Waals surface area (Å²) < 4.78 is 32.9. The van der Waals surface area contributed by atoms with Crippen LogP contribution in [0.4, 0.5) is 0 Å². The minimum absolute atomic E-state index is 0.0945. The number of aliphatic hydroxyl groups is 5. The molecule has 0 aliphatic heterocycles. The van der Waals surface area contributed by atoms with Crippen molar-refractivity contribution in [1.29, 1.82) is 0 Å². The summed E-state index contributed by atoms with van der Waals surface area (Å²) in [5.74, 6) is -1.14. The van der Waals surface area contributed by atoms with Crippen molar-refractivity contribution in [3.8, 4) is 0 Å². The zero-order chi connectivity index (χ0) is 40.0. The third-order valence-corrected chi connectivity index (χ3v) is 10.5. The van der Waals surface area contributed by atoms with Gasteiger partial charge < -0.3 is 39.9 Å². The highest BCUT2D eigenvalue weighted by Crippen LogP contribution is 2.47. The summed E-state index contributed by atoms with van der Waals surface area (Å²) in [7, 11) is -5.09. The fourth-order valence-electron chi connectivity index (χ4n) is 6.12. The first-order valence-corrected chi connectivity index (χ1v) is 22.1. The van der Waals surface area contributed by atoms with E-state index in [1.165, 1.54) is 77.0 Å². The first kappa shape index (κ1) is 50.3. The number of phosphoric ester groups is 1. The number of carbonyl (C=O) groups excluding carboxylic acids is 2. The zero-order valence-electron chi connectivity index (χ0n) is 33.0. The van der Waals surface area contributed by atoms with Gasteiger partial charge in [-0.05, 0) is 44.9 Å². The van der Waals surface area contributed by atoms with E-state index >= 15 is 0 Å². The Bertz CT molecular complexity index is 1050. The fraction of sp³-hybridized carbons (Fsp3) is 0.850. The molecule has 1 rings (SSSR count). The number of esters is 2. The molecule has 0 bridgehead atoms. The van der Waals surface area contributed by atoms with Crippen LogP contribution in [0, 0.1) is 0 Å². The predicted molar refractivity (Wildman–Crippen MR) is 207 cm³/mol. The lowest BCUT2D eigenvalue weighted by Crippen LogP contribution is -2.64. The zero-order valence-corrected chi connectivity index (χ0v) is 33.9. The van der Waals surface area contributed by atoms with Crippen molar-refractivity contribution in [3.05, 3.63) is 24.3 Å². The standard InChI is InChI=1S/C40H73O13P/c1-3-5-7-8-9-10-11-12-13-14-15-16-17-18-19-20-21-22-23-24-25-26-27-29-34(42)52-32(30-50-33(41)28-6-4-2)31-51-54(48,49)53-40-38(46)36(44)35(43)37(45)39(40)47/h11-12,14-15,32,35-40,43-47H,3-10,13,16-31H2,1-2H3,(H,48,49)/b12-11-,15-14-. The van der Waals surface area contributed by atoms with Gasteiger partial charge in [0.2, 0.25) is 0 Å². The van der Waals surface area contributed by atoms with Gasteiger partial charge in [0, 0.05) is 12.8 Å². The number of aliphatic hydroxyl groups excluding tert-OH is 5. The first-order chi connectivity index (χ1) is 25.9. The molecule has 0 radical (unpaired) electrons. The molecule has 6 N–H and O–H groups in total. The van der Waals surface area contributed by atoms with E-state index in [1.807, 2.05) is 6.92 Å². The number of hydrogen-bond donors (Lipinski definition) is 6. The van der Waals surface area contributed by atoms with E-state index in [0.29, 0.717) is 12.8 Å². The molecule has 54 heavy (non-hydrogen) atoms. The number of rotatable bonds is 33. The third kappa shape index (κ3) is 24.1. The van der Waals surface area contributed by atoms with E-state index in [1.54, 1.807) is 0 Å². The van der Waals surface area contributed by atoms with Crippen LogP contribution >= 0.6 is 7.82 Å². The van der Waals surface area contributed by atoms with Gasteiger partial charge in [-0.1, -0.05) is 128 Å². The first-order valence-electron chi connectivity index (χ1n) is 20.6. The van der Waals surface area contributed by atoms with Gasteiger partial charge in [0.1, 0.15) is 43.2 Å². The Labute approximate surface area is 324 Å². The van der Waals surface area contributed by atoms with Crippen molar-refractivity contribution in [3.63, 3.8) is 0 Å². The van der Waals surface area contributed by atoms with E-state index in [9.17, 15) is 44.6 Å². The molecular formula is C40H73O13P. The SMILES string of the molecule is CCCCCCC/C=C\C/C=C\CCCCCCCCCCCCCC(=O)OC(COC(=O)CCCC)COP(=O)(O)OC1C(O)C(O)C(O)C(O)C1O. The van der Waals surface area contributed by atoms with Crippen molar-refractivity contribution in [2.75, 3.05) is 13.2 Å². The van der Waals surface area contributed by atoms with E-state index in [4.69, 9.17) is 18.5 Å². The van der Waals surface area contributed by atoms with Gasteiger partial charge in [-0.15, -0.1) is 0 Å². The van der Waals surface area contributed by atoms with Crippen LogP contribution in [0.5, 0.6) is 0 Å². The smallest absolute Gasteiger partial charge is 0.462 e. The van der Waals surface area contributed by atoms with Crippen molar-refractivity contribution in [1.82, 2.24) is 0 Å². The van der Waals surface area contributed by atoms with Crippen LogP contribution in [0.3, 0.4) is 0 Å². The molecule has 316 valence electrons. The summed E-state index contributed by atoms with van der Waals surface area (Å²) in [5, 5.41) is 49.7. The van der Waals surface area contributed by atoms with Crippen molar-refractivity contribution in [2.45, 2.75) is 204 Å². The Hall–Kier alpha value is -1.67. The second-order valence-electron chi connectivity index (χ2n) is 14.5. The quantitative estimate of drug-likeness (QED) is 0.0173. The molecule has 0 aromatic rings. The molecule has 0 heterocycles. The molecule has 0 amide bonds. The Kier molecular flexibility index (Phi) is 29.3. The number of hydrogen-bond acceptors (Lipinski definition) is 12. The summed E-state index contributed by atoms with van der Waals surface area (Å²) in [5.41, 5.74) is 0. The van der Waals surface area contributed by atoms with E-state index in [2.05, 4.69) is 31.2 Å². The molecule has 6 unspecified atom stereocenters. The van der Waals surface area contributed by atoms with Gasteiger partial charge in [-0.3, -0.25) is 18.6 Å². The van der Waals surface area contributed by atoms with E-state index < -0.39 is 75.7 Å². The topological polar surface area (TPSA) is 210 Å². The number of unbranched alkanes of at least 4 members (excludes halogenated alkanes) is 17. The van der Waals surface area contributed by atoms with Gasteiger partial charge in [0.15, 0.2) is 6.10 Å². The van der Waals surface area contributed by atoms with Gasteiger partial charge in [-0.2, -0.15) is 0 Å². The maximum atomic E-state index is 12.6. The number of phosphoric acid groups is 1. The monoisotopic (exact) mass is 792 g/mol. The lowest BCUT2D eigenvalue weighted by molar-refractivity contribution is -0.220. The minimum atomic E-state index is -5.09. The Morgan fingerprint density at radius 1 is 0.574 bits per heavy atom. The number of allylic oxidation sites excluding steroid dienone is 4. The van der Waals surface area contributed by atoms with Crippen LogP contribution < -0.4 is 0 Å². The largest absolute Gasteiger partial charge is 0.472 e. The summed E-state index contributed by atoms with van der Waals surface area (Å²) in [6.45, 7) is 2.97. The normalized spacial score (nSPS) is 23.5. The van der Waals surface area contributed by atoms with Crippen molar-refractivity contribution in [2.24, 2.45) is 0 Å². The molecule has 13 nitrogen and oxygen atoms in total. The van der Waals surface area contributed by atoms with Crippen LogP contribution in [0.1, 0.15) is 162 Å². The predicted octanol–water partition coefficient (Wildman–Crippen LogP) is 6.89. The minimum Gasteiger partial charge on any atom is -0.462 e. The fourth-order valence-corrected chi connectivity index (χ4v) is 7.09. The van der Waals surface area contributed by atoms with Crippen molar-refractivity contribution >= 4 is 19.8 Å². The summed E-state index contributed by atoms with van der Waals surface area (Å²) in [6, 6.07) is 0. The maximum Gasteiger partial charge on any atom is 0.472 e. The van der Waals surface area contributed by atoms with Gasteiger partial charge in [0.25, 0.3) is 0 Å². The molecule has 0 aromatic heterocycles. The van der Waals surface area contributed by atoms with Gasteiger partial charge in [-0.25, -0.2) is 4.57 Å². The highest BCUT2D eigenvalue weighted by molar-refractivity contribution is 7.47. The Balaban J connectivity index is 2.25. The third-order valence-electron chi connectivity index (χ3n) is 9.55. The van der Waals surface area contributed by atoms with Crippen molar-refractivity contribution < 1.29 is 63.1 Å². The van der Waals surface area contributed by atoms with Gasteiger partial charge >= 0.3 is 19.8 Å². The molecule has 0 spiro atoms.